The van der Waals surface area contributed by atoms with Crippen LogP contribution < -0.4 is 14.4 Å². The number of carbonyl (C=O) groups excluding carboxylic acids is 1. The molecule has 1 saturated heterocycles. The predicted octanol–water partition coefficient (Wildman–Crippen LogP) is 0.885. The van der Waals surface area contributed by atoms with Crippen LogP contribution >= 0.6 is 0 Å². The molecule has 0 aliphatic carbocycles. The average molecular weight is 397 g/mol. The van der Waals surface area contributed by atoms with Crippen molar-refractivity contribution in [2.45, 2.75) is 6.92 Å². The summed E-state index contributed by atoms with van der Waals surface area (Å²) in [5, 5.41) is 8.18. The molecule has 4 rings (SSSR count). The maximum Gasteiger partial charge on any atom is 0.260 e. The van der Waals surface area contributed by atoms with Gasteiger partial charge < -0.3 is 19.3 Å². The van der Waals surface area contributed by atoms with Gasteiger partial charge in [-0.3, -0.25) is 4.79 Å². The molecule has 1 aliphatic heterocycles. The molecule has 0 spiro atoms. The van der Waals surface area contributed by atoms with Gasteiger partial charge in [0.05, 0.1) is 6.61 Å². The third-order valence-corrected chi connectivity index (χ3v) is 4.80. The molecule has 0 radical (unpaired) electrons. The highest BCUT2D eigenvalue weighted by Gasteiger charge is 2.24. The van der Waals surface area contributed by atoms with E-state index in [-0.39, 0.29) is 12.5 Å². The molecule has 1 aliphatic rings. The standard InChI is InChI=1S/C19H23N7O3/c1-3-28-14-4-6-15(7-5-14)29-12-16(27)25-8-10-26(11-9-25)19-17-18(20-13-21-19)24(2)23-22-17/h4-7,13H,3,8-12H2,1-2H3. The van der Waals surface area contributed by atoms with Crippen LogP contribution in [0.15, 0.2) is 30.6 Å². The molecular formula is C19H23N7O3. The largest absolute Gasteiger partial charge is 0.494 e. The maximum absolute atomic E-state index is 12.5. The summed E-state index contributed by atoms with van der Waals surface area (Å²) in [4.78, 5) is 25.0. The summed E-state index contributed by atoms with van der Waals surface area (Å²) in [6.45, 7) is 5.07. The number of fused-ring (bicyclic) bond motifs is 1. The molecule has 3 heterocycles. The molecule has 1 amide bonds. The van der Waals surface area contributed by atoms with Gasteiger partial charge in [-0.1, -0.05) is 5.21 Å². The molecule has 29 heavy (non-hydrogen) atoms. The number of piperazine rings is 1. The molecule has 0 unspecified atom stereocenters. The van der Waals surface area contributed by atoms with Crippen LogP contribution in [0, 0.1) is 0 Å². The molecule has 0 saturated carbocycles. The number of rotatable bonds is 6. The summed E-state index contributed by atoms with van der Waals surface area (Å²) in [6, 6.07) is 7.27. The highest BCUT2D eigenvalue weighted by molar-refractivity contribution is 5.83. The van der Waals surface area contributed by atoms with Crippen LogP contribution in [-0.4, -0.2) is 75.2 Å². The number of benzene rings is 1. The molecule has 3 aromatic rings. The summed E-state index contributed by atoms with van der Waals surface area (Å²) in [5.74, 6) is 2.14. The van der Waals surface area contributed by atoms with Gasteiger partial charge in [0.15, 0.2) is 23.6 Å². The Labute approximate surface area is 168 Å². The zero-order chi connectivity index (χ0) is 20.2. The fraction of sp³-hybridized carbons (Fsp3) is 0.421. The highest BCUT2D eigenvalue weighted by atomic mass is 16.5. The first kappa shape index (κ1) is 18.9. The molecule has 0 N–H and O–H groups in total. The average Bonchev–Trinajstić information content (AvgIpc) is 3.14. The van der Waals surface area contributed by atoms with Crippen LogP contribution in [-0.2, 0) is 11.8 Å². The second-order valence-corrected chi connectivity index (χ2v) is 6.64. The van der Waals surface area contributed by atoms with Gasteiger partial charge in [0, 0.05) is 33.2 Å². The van der Waals surface area contributed by atoms with Crippen LogP contribution in [0.5, 0.6) is 11.5 Å². The predicted molar refractivity (Wildman–Crippen MR) is 106 cm³/mol. The minimum absolute atomic E-state index is 0.00982. The van der Waals surface area contributed by atoms with E-state index in [4.69, 9.17) is 9.47 Å². The number of nitrogens with zero attached hydrogens (tertiary/aromatic N) is 7. The van der Waals surface area contributed by atoms with Crippen LogP contribution in [0.2, 0.25) is 0 Å². The lowest BCUT2D eigenvalue weighted by atomic mass is 10.3. The third-order valence-electron chi connectivity index (χ3n) is 4.80. The molecular weight excluding hydrogens is 374 g/mol. The lowest BCUT2D eigenvalue weighted by molar-refractivity contribution is -0.133. The fourth-order valence-electron chi connectivity index (χ4n) is 3.28. The molecule has 0 atom stereocenters. The zero-order valence-corrected chi connectivity index (χ0v) is 16.5. The third kappa shape index (κ3) is 4.05. The second-order valence-electron chi connectivity index (χ2n) is 6.64. The van der Waals surface area contributed by atoms with Crippen molar-refractivity contribution in [3.05, 3.63) is 30.6 Å². The van der Waals surface area contributed by atoms with Gasteiger partial charge in [-0.25, -0.2) is 14.6 Å². The van der Waals surface area contributed by atoms with Gasteiger partial charge in [-0.2, -0.15) is 0 Å². The van der Waals surface area contributed by atoms with Gasteiger partial charge in [0.1, 0.15) is 17.8 Å². The van der Waals surface area contributed by atoms with Crippen LogP contribution in [0.3, 0.4) is 0 Å². The number of hydrogen-bond acceptors (Lipinski definition) is 8. The highest BCUT2D eigenvalue weighted by Crippen LogP contribution is 2.21. The van der Waals surface area contributed by atoms with E-state index >= 15 is 0 Å². The van der Waals surface area contributed by atoms with Crippen LogP contribution in [0.4, 0.5) is 5.82 Å². The van der Waals surface area contributed by atoms with E-state index in [1.165, 1.54) is 6.33 Å². The van der Waals surface area contributed by atoms with Crippen molar-refractivity contribution in [3.63, 3.8) is 0 Å². The summed E-state index contributed by atoms with van der Waals surface area (Å²) in [6.07, 6.45) is 1.52. The number of carbonyl (C=O) groups is 1. The van der Waals surface area contributed by atoms with Crippen molar-refractivity contribution in [1.82, 2.24) is 29.9 Å². The smallest absolute Gasteiger partial charge is 0.260 e. The van der Waals surface area contributed by atoms with E-state index in [2.05, 4.69) is 25.2 Å². The van der Waals surface area contributed by atoms with Crippen LogP contribution in [0.25, 0.3) is 11.2 Å². The number of hydrogen-bond donors (Lipinski definition) is 0. The molecule has 1 aromatic carbocycles. The van der Waals surface area contributed by atoms with Gasteiger partial charge in [0.25, 0.3) is 5.91 Å². The Balaban J connectivity index is 1.31. The Morgan fingerprint density at radius 1 is 1.03 bits per heavy atom. The summed E-state index contributed by atoms with van der Waals surface area (Å²) in [5.41, 5.74) is 1.37. The number of ether oxygens (including phenoxy) is 2. The second kappa shape index (κ2) is 8.29. The van der Waals surface area contributed by atoms with Crippen molar-refractivity contribution in [2.75, 3.05) is 44.3 Å². The topological polar surface area (TPSA) is 98.5 Å². The number of amides is 1. The molecule has 2 aromatic heterocycles. The Morgan fingerprint density at radius 2 is 1.72 bits per heavy atom. The Bertz CT molecular complexity index is 981. The molecule has 10 nitrogen and oxygen atoms in total. The Morgan fingerprint density at radius 3 is 2.41 bits per heavy atom. The lowest BCUT2D eigenvalue weighted by Gasteiger charge is -2.35. The SMILES string of the molecule is CCOc1ccc(OCC(=O)N2CCN(c3ncnc4c3nnn4C)CC2)cc1. The van der Waals surface area contributed by atoms with Crippen LogP contribution in [0.1, 0.15) is 6.92 Å². The van der Waals surface area contributed by atoms with Gasteiger partial charge >= 0.3 is 0 Å². The number of aromatic nitrogens is 5. The Kier molecular flexibility index (Phi) is 5.41. The summed E-state index contributed by atoms with van der Waals surface area (Å²) in [7, 11) is 1.80. The van der Waals surface area contributed by atoms with E-state index in [9.17, 15) is 4.79 Å². The van der Waals surface area contributed by atoms with E-state index in [0.29, 0.717) is 49.7 Å². The minimum Gasteiger partial charge on any atom is -0.494 e. The van der Waals surface area contributed by atoms with Crippen molar-refractivity contribution in [1.29, 1.82) is 0 Å². The Hall–Kier alpha value is -3.43. The number of aryl methyl sites for hydroxylation is 1. The minimum atomic E-state index is -0.0362. The van der Waals surface area contributed by atoms with E-state index in [1.54, 1.807) is 28.8 Å². The summed E-state index contributed by atoms with van der Waals surface area (Å²) < 4.78 is 12.6. The van der Waals surface area contributed by atoms with Gasteiger partial charge in [-0.15, -0.1) is 5.10 Å². The zero-order valence-electron chi connectivity index (χ0n) is 16.5. The normalized spacial score (nSPS) is 14.3. The first-order chi connectivity index (χ1) is 14.2. The van der Waals surface area contributed by atoms with E-state index in [0.717, 1.165) is 11.6 Å². The van der Waals surface area contributed by atoms with Crippen molar-refractivity contribution >= 4 is 22.9 Å². The molecule has 0 bridgehead atoms. The molecule has 1 fully saturated rings. The first-order valence-corrected chi connectivity index (χ1v) is 9.54. The van der Waals surface area contributed by atoms with Crippen molar-refractivity contribution in [3.8, 4) is 11.5 Å². The van der Waals surface area contributed by atoms with E-state index < -0.39 is 0 Å². The van der Waals surface area contributed by atoms with Gasteiger partial charge in [-0.05, 0) is 31.2 Å². The maximum atomic E-state index is 12.5. The quantitative estimate of drug-likeness (QED) is 0.605. The van der Waals surface area contributed by atoms with E-state index in [1.807, 2.05) is 19.1 Å². The number of anilines is 1. The molecule has 10 heteroatoms. The summed E-state index contributed by atoms with van der Waals surface area (Å²) >= 11 is 0. The monoisotopic (exact) mass is 397 g/mol. The van der Waals surface area contributed by atoms with Crippen molar-refractivity contribution < 1.29 is 14.3 Å². The van der Waals surface area contributed by atoms with Crippen molar-refractivity contribution in [2.24, 2.45) is 7.05 Å². The fourth-order valence-corrected chi connectivity index (χ4v) is 3.28. The molecule has 152 valence electrons. The lowest BCUT2D eigenvalue weighted by Crippen LogP contribution is -2.50. The van der Waals surface area contributed by atoms with Gasteiger partial charge in [0.2, 0.25) is 0 Å². The first-order valence-electron chi connectivity index (χ1n) is 9.54.